The zero-order chi connectivity index (χ0) is 14.8. The molecule has 2 rings (SSSR count). The molecule has 0 fully saturated rings. The molecule has 2 aromatic rings. The first kappa shape index (κ1) is 14.8. The Morgan fingerprint density at radius 3 is 2.65 bits per heavy atom. The van der Waals surface area contributed by atoms with Crippen LogP contribution >= 0.6 is 11.3 Å². The lowest BCUT2D eigenvalue weighted by atomic mass is 9.91. The first-order valence-corrected chi connectivity index (χ1v) is 7.35. The molecule has 5 heteroatoms. The summed E-state index contributed by atoms with van der Waals surface area (Å²) >= 11 is 1.49. The predicted octanol–water partition coefficient (Wildman–Crippen LogP) is 2.74. The highest BCUT2D eigenvalue weighted by Crippen LogP contribution is 2.31. The lowest BCUT2D eigenvalue weighted by molar-refractivity contribution is -0.129. The Morgan fingerprint density at radius 2 is 2.15 bits per heavy atom. The second-order valence-electron chi connectivity index (χ2n) is 5.78. The van der Waals surface area contributed by atoms with Crippen molar-refractivity contribution in [3.63, 3.8) is 0 Å². The third kappa shape index (κ3) is 2.94. The largest absolute Gasteiger partial charge is 0.466 e. The van der Waals surface area contributed by atoms with E-state index in [2.05, 4.69) is 5.32 Å². The van der Waals surface area contributed by atoms with Crippen LogP contribution in [0.3, 0.4) is 0 Å². The molecule has 0 saturated carbocycles. The smallest absolute Gasteiger partial charge is 0.225 e. The number of rotatable bonds is 4. The van der Waals surface area contributed by atoms with Crippen molar-refractivity contribution in [1.82, 2.24) is 5.32 Å². The minimum Gasteiger partial charge on any atom is -0.466 e. The van der Waals surface area contributed by atoms with Gasteiger partial charge in [0.25, 0.3) is 0 Å². The van der Waals surface area contributed by atoms with Crippen molar-refractivity contribution in [2.75, 3.05) is 6.54 Å². The van der Waals surface area contributed by atoms with Crippen LogP contribution in [-0.2, 0) is 10.4 Å². The highest BCUT2D eigenvalue weighted by Gasteiger charge is 2.36. The predicted molar refractivity (Wildman–Crippen MR) is 78.5 cm³/mol. The lowest BCUT2D eigenvalue weighted by Gasteiger charge is -2.27. The molecule has 0 bridgehead atoms. The summed E-state index contributed by atoms with van der Waals surface area (Å²) < 4.78 is 5.34. The molecule has 0 aliphatic heterocycles. The lowest BCUT2D eigenvalue weighted by Crippen LogP contribution is -2.44. The van der Waals surface area contributed by atoms with E-state index in [-0.39, 0.29) is 12.5 Å². The van der Waals surface area contributed by atoms with Crippen LogP contribution in [0.4, 0.5) is 0 Å². The van der Waals surface area contributed by atoms with E-state index in [1.54, 1.807) is 12.1 Å². The Morgan fingerprint density at radius 1 is 1.40 bits per heavy atom. The van der Waals surface area contributed by atoms with Crippen LogP contribution in [0.1, 0.15) is 32.1 Å². The fourth-order valence-corrected chi connectivity index (χ4v) is 2.54. The van der Waals surface area contributed by atoms with Crippen molar-refractivity contribution in [3.8, 4) is 0 Å². The van der Waals surface area contributed by atoms with Gasteiger partial charge < -0.3 is 14.8 Å². The standard InChI is InChI=1S/C15H19NO3S/c1-14(2,3)13(17)16-10-15(18,11-6-8-20-9-11)12-5-4-7-19-12/h4-9,18H,10H2,1-3H3,(H,16,17)/t15-/m0/s1. The number of carbonyl (C=O) groups excluding carboxylic acids is 1. The maximum atomic E-state index is 12.0. The SMILES string of the molecule is CC(C)(C)C(=O)NC[C@](O)(c1ccsc1)c1ccco1. The quantitative estimate of drug-likeness (QED) is 0.911. The fraction of sp³-hybridized carbons (Fsp3) is 0.400. The number of thiophene rings is 1. The third-order valence-electron chi connectivity index (χ3n) is 3.11. The minimum atomic E-state index is -1.34. The zero-order valence-electron chi connectivity index (χ0n) is 11.8. The Bertz CT molecular complexity index is 518. The summed E-state index contributed by atoms with van der Waals surface area (Å²) in [5, 5.41) is 17.5. The van der Waals surface area contributed by atoms with Crippen LogP contribution < -0.4 is 5.32 Å². The van der Waals surface area contributed by atoms with Crippen LogP contribution in [0.5, 0.6) is 0 Å². The van der Waals surface area contributed by atoms with E-state index in [1.165, 1.54) is 17.6 Å². The monoisotopic (exact) mass is 293 g/mol. The minimum absolute atomic E-state index is 0.0767. The van der Waals surface area contributed by atoms with Gasteiger partial charge in [-0.25, -0.2) is 0 Å². The second kappa shape index (κ2) is 5.42. The zero-order valence-corrected chi connectivity index (χ0v) is 12.7. The summed E-state index contributed by atoms with van der Waals surface area (Å²) in [7, 11) is 0. The maximum absolute atomic E-state index is 12.0. The second-order valence-corrected chi connectivity index (χ2v) is 6.56. The Hall–Kier alpha value is -1.59. The van der Waals surface area contributed by atoms with Crippen molar-refractivity contribution >= 4 is 17.2 Å². The van der Waals surface area contributed by atoms with Crippen LogP contribution in [-0.4, -0.2) is 17.6 Å². The van der Waals surface area contributed by atoms with Crippen LogP contribution in [0.2, 0.25) is 0 Å². The molecule has 2 N–H and O–H groups in total. The summed E-state index contributed by atoms with van der Waals surface area (Å²) in [5.74, 6) is 0.308. The first-order valence-electron chi connectivity index (χ1n) is 6.41. The van der Waals surface area contributed by atoms with Gasteiger partial charge in [0.05, 0.1) is 12.8 Å². The summed E-state index contributed by atoms with van der Waals surface area (Å²) in [6.45, 7) is 5.57. The molecule has 1 amide bonds. The average Bonchev–Trinajstić information content (AvgIpc) is 3.05. The van der Waals surface area contributed by atoms with E-state index < -0.39 is 11.0 Å². The first-order chi connectivity index (χ1) is 9.34. The normalized spacial score (nSPS) is 14.8. The summed E-state index contributed by atoms with van der Waals surface area (Å²) in [6.07, 6.45) is 1.51. The third-order valence-corrected chi connectivity index (χ3v) is 3.80. The van der Waals surface area contributed by atoms with Crippen molar-refractivity contribution in [3.05, 3.63) is 46.5 Å². The molecule has 0 radical (unpaired) electrons. The number of carbonyl (C=O) groups is 1. The molecular formula is C15H19NO3S. The average molecular weight is 293 g/mol. The maximum Gasteiger partial charge on any atom is 0.225 e. The van der Waals surface area contributed by atoms with Gasteiger partial charge >= 0.3 is 0 Å². The molecule has 0 aliphatic carbocycles. The van der Waals surface area contributed by atoms with E-state index >= 15 is 0 Å². The molecule has 1 atom stereocenters. The van der Waals surface area contributed by atoms with Crippen molar-refractivity contribution in [2.24, 2.45) is 5.41 Å². The number of amides is 1. The van der Waals surface area contributed by atoms with E-state index in [9.17, 15) is 9.90 Å². The van der Waals surface area contributed by atoms with Gasteiger partial charge in [-0.05, 0) is 29.0 Å². The van der Waals surface area contributed by atoms with E-state index in [0.717, 1.165) is 0 Å². The van der Waals surface area contributed by atoms with Crippen molar-refractivity contribution in [2.45, 2.75) is 26.4 Å². The molecule has 2 aromatic heterocycles. The number of hydrogen-bond donors (Lipinski definition) is 2. The molecule has 0 saturated heterocycles. The molecular weight excluding hydrogens is 274 g/mol. The van der Waals surface area contributed by atoms with Crippen LogP contribution in [0.15, 0.2) is 39.6 Å². The molecule has 4 nitrogen and oxygen atoms in total. The molecule has 0 spiro atoms. The van der Waals surface area contributed by atoms with Gasteiger partial charge in [0.15, 0.2) is 5.60 Å². The number of nitrogens with one attached hydrogen (secondary N) is 1. The van der Waals surface area contributed by atoms with Gasteiger partial charge in [0, 0.05) is 11.0 Å². The topological polar surface area (TPSA) is 62.5 Å². The molecule has 0 aromatic carbocycles. The highest BCUT2D eigenvalue weighted by molar-refractivity contribution is 7.08. The number of hydrogen-bond acceptors (Lipinski definition) is 4. The van der Waals surface area contributed by atoms with Gasteiger partial charge in [-0.2, -0.15) is 11.3 Å². The van der Waals surface area contributed by atoms with Gasteiger partial charge in [-0.15, -0.1) is 0 Å². The molecule has 108 valence electrons. The number of furan rings is 1. The Kier molecular flexibility index (Phi) is 4.01. The Labute approximate surface area is 122 Å². The highest BCUT2D eigenvalue weighted by atomic mass is 32.1. The Balaban J connectivity index is 2.24. The van der Waals surface area contributed by atoms with Crippen molar-refractivity contribution in [1.29, 1.82) is 0 Å². The van der Waals surface area contributed by atoms with Crippen LogP contribution in [0, 0.1) is 5.41 Å². The molecule has 0 aliphatic rings. The van der Waals surface area contributed by atoms with E-state index in [0.29, 0.717) is 11.3 Å². The summed E-state index contributed by atoms with van der Waals surface area (Å²) in [4.78, 5) is 12.0. The van der Waals surface area contributed by atoms with Crippen molar-refractivity contribution < 1.29 is 14.3 Å². The van der Waals surface area contributed by atoms with Crippen LogP contribution in [0.25, 0.3) is 0 Å². The fourth-order valence-electron chi connectivity index (χ4n) is 1.82. The summed E-state index contributed by atoms with van der Waals surface area (Å²) in [5.41, 5.74) is -1.13. The van der Waals surface area contributed by atoms with Gasteiger partial charge in [-0.1, -0.05) is 20.8 Å². The summed E-state index contributed by atoms with van der Waals surface area (Å²) in [6, 6.07) is 5.26. The molecule has 0 unspecified atom stereocenters. The van der Waals surface area contributed by atoms with Gasteiger partial charge in [-0.3, -0.25) is 4.79 Å². The van der Waals surface area contributed by atoms with E-state index in [1.807, 2.05) is 37.6 Å². The van der Waals surface area contributed by atoms with Gasteiger partial charge in [0.2, 0.25) is 5.91 Å². The van der Waals surface area contributed by atoms with Gasteiger partial charge in [0.1, 0.15) is 5.76 Å². The molecule has 2 heterocycles. The molecule has 20 heavy (non-hydrogen) atoms. The van der Waals surface area contributed by atoms with E-state index in [4.69, 9.17) is 4.42 Å². The number of aliphatic hydroxyl groups is 1.